The van der Waals surface area contributed by atoms with E-state index in [0.29, 0.717) is 6.54 Å². The highest BCUT2D eigenvalue weighted by molar-refractivity contribution is 5.61. The van der Waals surface area contributed by atoms with Gasteiger partial charge in [0.25, 0.3) is 0 Å². The quantitative estimate of drug-likeness (QED) is 0.799. The monoisotopic (exact) mass is 188 g/mol. The van der Waals surface area contributed by atoms with Gasteiger partial charge in [-0.1, -0.05) is 24.3 Å². The molecule has 0 fully saturated rings. The summed E-state index contributed by atoms with van der Waals surface area (Å²) in [6, 6.07) is 8.07. The number of hydrogen-bond acceptors (Lipinski definition) is 3. The second-order valence-corrected chi connectivity index (χ2v) is 3.06. The summed E-state index contributed by atoms with van der Waals surface area (Å²) in [6.45, 7) is 0.644. The highest BCUT2D eigenvalue weighted by Gasteiger charge is 2.05. The molecule has 14 heavy (non-hydrogen) atoms. The Morgan fingerprint density at radius 1 is 1.29 bits per heavy atom. The van der Waals surface area contributed by atoms with Gasteiger partial charge in [0.15, 0.2) is 12.2 Å². The summed E-state index contributed by atoms with van der Waals surface area (Å²) in [5.74, 6) is 0.800. The summed E-state index contributed by atoms with van der Waals surface area (Å²) >= 11 is 0. The first-order valence-electron chi connectivity index (χ1n) is 4.58. The summed E-state index contributed by atoms with van der Waals surface area (Å²) in [5.41, 5.74) is 7.82. The molecular formula is C11H12N2O. The predicted molar refractivity (Wildman–Crippen MR) is 54.7 cm³/mol. The minimum atomic E-state index is 0.644. The van der Waals surface area contributed by atoms with E-state index in [1.54, 1.807) is 6.20 Å². The fourth-order valence-corrected chi connectivity index (χ4v) is 1.48. The Morgan fingerprint density at radius 3 is 2.86 bits per heavy atom. The zero-order chi connectivity index (χ0) is 9.80. The smallest absolute Gasteiger partial charge is 0.181 e. The summed E-state index contributed by atoms with van der Waals surface area (Å²) < 4.78 is 5.25. The lowest BCUT2D eigenvalue weighted by atomic mass is 10.0. The Bertz CT molecular complexity index is 395. The molecule has 2 aromatic rings. The third kappa shape index (κ3) is 1.67. The van der Waals surface area contributed by atoms with Gasteiger partial charge in [0.05, 0.1) is 6.20 Å². The van der Waals surface area contributed by atoms with Gasteiger partial charge in [-0.2, -0.15) is 0 Å². The van der Waals surface area contributed by atoms with Gasteiger partial charge in [-0.3, -0.25) is 0 Å². The van der Waals surface area contributed by atoms with Crippen molar-refractivity contribution in [2.75, 3.05) is 6.54 Å². The summed E-state index contributed by atoms with van der Waals surface area (Å²) in [7, 11) is 0. The van der Waals surface area contributed by atoms with E-state index in [9.17, 15) is 0 Å². The van der Waals surface area contributed by atoms with Gasteiger partial charge in [-0.05, 0) is 18.5 Å². The Hall–Kier alpha value is -1.61. The van der Waals surface area contributed by atoms with Crippen LogP contribution in [0.2, 0.25) is 0 Å². The van der Waals surface area contributed by atoms with Crippen LogP contribution in [0.3, 0.4) is 0 Å². The summed E-state index contributed by atoms with van der Waals surface area (Å²) in [5, 5.41) is 0. The van der Waals surface area contributed by atoms with Crippen LogP contribution in [0.15, 0.2) is 41.3 Å². The largest absolute Gasteiger partial charge is 0.444 e. The van der Waals surface area contributed by atoms with Crippen LogP contribution >= 0.6 is 0 Å². The molecule has 1 aromatic carbocycles. The van der Waals surface area contributed by atoms with E-state index >= 15 is 0 Å². The van der Waals surface area contributed by atoms with Crippen LogP contribution in [-0.2, 0) is 6.42 Å². The van der Waals surface area contributed by atoms with E-state index < -0.39 is 0 Å². The van der Waals surface area contributed by atoms with E-state index in [2.05, 4.69) is 11.1 Å². The summed E-state index contributed by atoms with van der Waals surface area (Å²) in [6.07, 6.45) is 4.01. The summed E-state index contributed by atoms with van der Waals surface area (Å²) in [4.78, 5) is 3.90. The maximum Gasteiger partial charge on any atom is 0.181 e. The molecule has 2 rings (SSSR count). The van der Waals surface area contributed by atoms with E-state index in [-0.39, 0.29) is 0 Å². The van der Waals surface area contributed by atoms with E-state index in [4.69, 9.17) is 10.2 Å². The lowest BCUT2D eigenvalue weighted by Gasteiger charge is -2.04. The molecule has 0 aliphatic carbocycles. The normalized spacial score (nSPS) is 10.4. The topological polar surface area (TPSA) is 52.0 Å². The van der Waals surface area contributed by atoms with Crippen molar-refractivity contribution >= 4 is 0 Å². The van der Waals surface area contributed by atoms with Gasteiger partial charge >= 0.3 is 0 Å². The van der Waals surface area contributed by atoms with Crippen LogP contribution in [0.25, 0.3) is 11.3 Å². The van der Waals surface area contributed by atoms with Gasteiger partial charge in [0.2, 0.25) is 0 Å². The first-order valence-corrected chi connectivity index (χ1v) is 4.58. The molecule has 3 heteroatoms. The molecule has 0 saturated heterocycles. The highest BCUT2D eigenvalue weighted by atomic mass is 16.3. The van der Waals surface area contributed by atoms with Crippen molar-refractivity contribution in [1.29, 1.82) is 0 Å². The average molecular weight is 188 g/mol. The number of hydrogen-bond donors (Lipinski definition) is 1. The standard InChI is InChI=1S/C11H12N2O/c12-6-5-9-3-1-2-4-10(9)11-7-13-8-14-11/h1-4,7-8H,5-6,12H2. The Balaban J connectivity index is 2.42. The minimum absolute atomic E-state index is 0.644. The fraction of sp³-hybridized carbons (Fsp3) is 0.182. The molecular weight excluding hydrogens is 176 g/mol. The molecule has 1 aromatic heterocycles. The number of nitrogens with two attached hydrogens (primary N) is 1. The van der Waals surface area contributed by atoms with Gasteiger partial charge in [0.1, 0.15) is 0 Å². The zero-order valence-electron chi connectivity index (χ0n) is 7.81. The third-order valence-corrected chi connectivity index (χ3v) is 2.13. The van der Waals surface area contributed by atoms with Crippen molar-refractivity contribution in [2.45, 2.75) is 6.42 Å². The minimum Gasteiger partial charge on any atom is -0.444 e. The first-order chi connectivity index (χ1) is 6.92. The second kappa shape index (κ2) is 4.07. The number of rotatable bonds is 3. The molecule has 0 amide bonds. The fourth-order valence-electron chi connectivity index (χ4n) is 1.48. The predicted octanol–water partition coefficient (Wildman–Crippen LogP) is 1.84. The van der Waals surface area contributed by atoms with Crippen LogP contribution in [0.1, 0.15) is 5.56 Å². The first kappa shape index (κ1) is 8.97. The van der Waals surface area contributed by atoms with Gasteiger partial charge in [-0.15, -0.1) is 0 Å². The molecule has 2 N–H and O–H groups in total. The molecule has 0 radical (unpaired) electrons. The molecule has 0 atom stereocenters. The van der Waals surface area contributed by atoms with Gasteiger partial charge < -0.3 is 10.2 Å². The maximum absolute atomic E-state index is 5.54. The number of oxazole rings is 1. The van der Waals surface area contributed by atoms with Crippen molar-refractivity contribution in [3.05, 3.63) is 42.4 Å². The van der Waals surface area contributed by atoms with Crippen molar-refractivity contribution in [2.24, 2.45) is 5.73 Å². The van der Waals surface area contributed by atoms with E-state index in [0.717, 1.165) is 17.7 Å². The Morgan fingerprint density at radius 2 is 2.14 bits per heavy atom. The van der Waals surface area contributed by atoms with Crippen LogP contribution in [0.4, 0.5) is 0 Å². The molecule has 0 unspecified atom stereocenters. The maximum atomic E-state index is 5.54. The van der Waals surface area contributed by atoms with Crippen LogP contribution in [-0.4, -0.2) is 11.5 Å². The molecule has 0 bridgehead atoms. The van der Waals surface area contributed by atoms with Crippen molar-refractivity contribution in [1.82, 2.24) is 4.98 Å². The average Bonchev–Trinajstić information content (AvgIpc) is 2.72. The second-order valence-electron chi connectivity index (χ2n) is 3.06. The Kier molecular flexibility index (Phi) is 2.60. The Labute approximate surface area is 82.6 Å². The SMILES string of the molecule is NCCc1ccccc1-c1cnco1. The van der Waals surface area contributed by atoms with Crippen molar-refractivity contribution in [3.8, 4) is 11.3 Å². The van der Waals surface area contributed by atoms with Crippen molar-refractivity contribution in [3.63, 3.8) is 0 Å². The van der Waals surface area contributed by atoms with Crippen LogP contribution in [0.5, 0.6) is 0 Å². The number of aromatic nitrogens is 1. The number of nitrogens with zero attached hydrogens (tertiary/aromatic N) is 1. The molecule has 0 aliphatic heterocycles. The van der Waals surface area contributed by atoms with E-state index in [1.807, 2.05) is 18.2 Å². The third-order valence-electron chi connectivity index (χ3n) is 2.13. The molecule has 72 valence electrons. The van der Waals surface area contributed by atoms with E-state index in [1.165, 1.54) is 12.0 Å². The van der Waals surface area contributed by atoms with Crippen molar-refractivity contribution < 1.29 is 4.42 Å². The van der Waals surface area contributed by atoms with Crippen LogP contribution in [0, 0.1) is 0 Å². The molecule has 1 heterocycles. The molecule has 0 spiro atoms. The van der Waals surface area contributed by atoms with Crippen LogP contribution < -0.4 is 5.73 Å². The van der Waals surface area contributed by atoms with Gasteiger partial charge in [-0.25, -0.2) is 4.98 Å². The molecule has 0 saturated carbocycles. The highest BCUT2D eigenvalue weighted by Crippen LogP contribution is 2.22. The molecule has 3 nitrogen and oxygen atoms in total. The lowest BCUT2D eigenvalue weighted by Crippen LogP contribution is -2.03. The lowest BCUT2D eigenvalue weighted by molar-refractivity contribution is 0.571. The zero-order valence-corrected chi connectivity index (χ0v) is 7.81. The number of benzene rings is 1. The van der Waals surface area contributed by atoms with Gasteiger partial charge in [0, 0.05) is 5.56 Å². The molecule has 0 aliphatic rings.